The molecular formula is C12H17N5. The number of rotatable bonds is 4. The van der Waals surface area contributed by atoms with E-state index >= 15 is 0 Å². The molecule has 17 heavy (non-hydrogen) atoms. The summed E-state index contributed by atoms with van der Waals surface area (Å²) in [5.74, 6) is 0.590. The number of likely N-dealkylation sites (tertiary alicyclic amines) is 1. The van der Waals surface area contributed by atoms with Crippen LogP contribution in [0, 0.1) is 11.3 Å². The van der Waals surface area contributed by atoms with E-state index in [0.717, 1.165) is 13.1 Å². The predicted octanol–water partition coefficient (Wildman–Crippen LogP) is 1.25. The van der Waals surface area contributed by atoms with Gasteiger partial charge < -0.3 is 10.2 Å². The Morgan fingerprint density at radius 2 is 2.18 bits per heavy atom. The Bertz CT molecular complexity index is 392. The van der Waals surface area contributed by atoms with Gasteiger partial charge in [-0.05, 0) is 32.0 Å². The highest BCUT2D eigenvalue weighted by Gasteiger charge is 2.09. The van der Waals surface area contributed by atoms with Crippen molar-refractivity contribution < 1.29 is 0 Å². The first-order valence-corrected chi connectivity index (χ1v) is 6.08. The Hall–Kier alpha value is -1.67. The van der Waals surface area contributed by atoms with E-state index in [0.29, 0.717) is 11.4 Å². The van der Waals surface area contributed by atoms with E-state index in [-0.39, 0.29) is 0 Å². The van der Waals surface area contributed by atoms with Gasteiger partial charge in [-0.15, -0.1) is 5.10 Å². The Kier molecular flexibility index (Phi) is 4.28. The molecule has 0 aromatic carbocycles. The molecule has 5 heteroatoms. The summed E-state index contributed by atoms with van der Waals surface area (Å²) in [4.78, 5) is 2.44. The van der Waals surface area contributed by atoms with Gasteiger partial charge in [-0.1, -0.05) is 6.42 Å². The fourth-order valence-electron chi connectivity index (χ4n) is 2.07. The lowest BCUT2D eigenvalue weighted by atomic mass is 10.1. The van der Waals surface area contributed by atoms with E-state index in [4.69, 9.17) is 5.26 Å². The maximum absolute atomic E-state index is 8.90. The van der Waals surface area contributed by atoms with Crippen LogP contribution in [-0.2, 0) is 0 Å². The SMILES string of the molecule is N#Cc1ccnnc1NCCN1CCCCC1. The molecule has 1 N–H and O–H groups in total. The van der Waals surface area contributed by atoms with E-state index in [2.05, 4.69) is 26.5 Å². The Morgan fingerprint density at radius 1 is 1.35 bits per heavy atom. The lowest BCUT2D eigenvalue weighted by Crippen LogP contribution is -2.33. The highest BCUT2D eigenvalue weighted by atomic mass is 15.2. The molecule has 0 radical (unpaired) electrons. The first-order chi connectivity index (χ1) is 8.40. The third-order valence-electron chi connectivity index (χ3n) is 3.01. The van der Waals surface area contributed by atoms with E-state index in [1.165, 1.54) is 38.5 Å². The fraction of sp³-hybridized carbons (Fsp3) is 0.583. The third kappa shape index (κ3) is 3.40. The van der Waals surface area contributed by atoms with Gasteiger partial charge in [-0.3, -0.25) is 0 Å². The van der Waals surface area contributed by atoms with Gasteiger partial charge >= 0.3 is 0 Å². The minimum atomic E-state index is 0.554. The average Bonchev–Trinajstić information content (AvgIpc) is 2.40. The summed E-state index contributed by atoms with van der Waals surface area (Å²) >= 11 is 0. The lowest BCUT2D eigenvalue weighted by molar-refractivity contribution is 0.237. The summed E-state index contributed by atoms with van der Waals surface area (Å²) in [7, 11) is 0. The summed E-state index contributed by atoms with van der Waals surface area (Å²) in [5.41, 5.74) is 0.554. The second-order valence-corrected chi connectivity index (χ2v) is 4.23. The van der Waals surface area contributed by atoms with Gasteiger partial charge in [0.1, 0.15) is 6.07 Å². The molecule has 1 aromatic rings. The summed E-state index contributed by atoms with van der Waals surface area (Å²) in [5, 5.41) is 19.8. The first kappa shape index (κ1) is 11.8. The van der Waals surface area contributed by atoms with Crippen molar-refractivity contribution >= 4 is 5.82 Å². The molecule has 0 aliphatic carbocycles. The standard InChI is InChI=1S/C12H17N5/c13-10-11-4-5-15-16-12(11)14-6-9-17-7-2-1-3-8-17/h4-5H,1-3,6-9H2,(H,14,16). The van der Waals surface area contributed by atoms with Crippen LogP contribution in [0.25, 0.3) is 0 Å². The van der Waals surface area contributed by atoms with Crippen LogP contribution in [-0.4, -0.2) is 41.3 Å². The molecule has 0 spiro atoms. The molecule has 1 fully saturated rings. The Balaban J connectivity index is 1.79. The van der Waals surface area contributed by atoms with Crippen molar-refractivity contribution in [2.45, 2.75) is 19.3 Å². The van der Waals surface area contributed by atoms with Crippen molar-refractivity contribution in [1.82, 2.24) is 15.1 Å². The second kappa shape index (κ2) is 6.16. The van der Waals surface area contributed by atoms with Crippen molar-refractivity contribution in [2.75, 3.05) is 31.5 Å². The summed E-state index contributed by atoms with van der Waals surface area (Å²) < 4.78 is 0. The molecule has 0 unspecified atom stereocenters. The second-order valence-electron chi connectivity index (χ2n) is 4.23. The zero-order valence-corrected chi connectivity index (χ0v) is 9.89. The minimum absolute atomic E-state index is 0.554. The van der Waals surface area contributed by atoms with Gasteiger partial charge in [0, 0.05) is 13.1 Å². The number of piperidine rings is 1. The number of nitriles is 1. The molecule has 0 amide bonds. The summed E-state index contributed by atoms with van der Waals surface area (Å²) in [6.07, 6.45) is 5.49. The van der Waals surface area contributed by atoms with E-state index in [9.17, 15) is 0 Å². The molecule has 1 aromatic heterocycles. The zero-order chi connectivity index (χ0) is 11.9. The Morgan fingerprint density at radius 3 is 2.94 bits per heavy atom. The van der Waals surface area contributed by atoms with Crippen LogP contribution < -0.4 is 5.32 Å². The maximum atomic E-state index is 8.90. The molecule has 1 saturated heterocycles. The van der Waals surface area contributed by atoms with Crippen molar-refractivity contribution in [3.05, 3.63) is 17.8 Å². The van der Waals surface area contributed by atoms with Gasteiger partial charge in [0.2, 0.25) is 0 Å². The average molecular weight is 231 g/mol. The normalized spacial score (nSPS) is 16.4. The van der Waals surface area contributed by atoms with E-state index in [1.54, 1.807) is 6.07 Å². The number of hydrogen-bond acceptors (Lipinski definition) is 5. The Labute approximate surface area is 101 Å². The predicted molar refractivity (Wildman–Crippen MR) is 65.5 cm³/mol. The van der Waals surface area contributed by atoms with Crippen molar-refractivity contribution in [1.29, 1.82) is 5.26 Å². The maximum Gasteiger partial charge on any atom is 0.166 e. The summed E-state index contributed by atoms with van der Waals surface area (Å²) in [6, 6.07) is 3.78. The molecule has 5 nitrogen and oxygen atoms in total. The molecule has 1 aliphatic heterocycles. The van der Waals surface area contributed by atoms with Crippen LogP contribution in [0.5, 0.6) is 0 Å². The zero-order valence-electron chi connectivity index (χ0n) is 9.89. The molecule has 1 aliphatic rings. The topological polar surface area (TPSA) is 64.8 Å². The summed E-state index contributed by atoms with van der Waals surface area (Å²) in [6.45, 7) is 4.19. The quantitative estimate of drug-likeness (QED) is 0.844. The van der Waals surface area contributed by atoms with Crippen LogP contribution >= 0.6 is 0 Å². The van der Waals surface area contributed by atoms with Gasteiger partial charge in [-0.25, -0.2) is 0 Å². The first-order valence-electron chi connectivity index (χ1n) is 6.08. The number of nitrogens with one attached hydrogen (secondary N) is 1. The largest absolute Gasteiger partial charge is 0.366 e. The van der Waals surface area contributed by atoms with Crippen LogP contribution in [0.15, 0.2) is 12.3 Å². The molecule has 0 bridgehead atoms. The van der Waals surface area contributed by atoms with Crippen molar-refractivity contribution in [3.63, 3.8) is 0 Å². The van der Waals surface area contributed by atoms with E-state index < -0.39 is 0 Å². The van der Waals surface area contributed by atoms with Gasteiger partial charge in [0.25, 0.3) is 0 Å². The van der Waals surface area contributed by atoms with Crippen LogP contribution in [0.4, 0.5) is 5.82 Å². The molecule has 0 atom stereocenters. The minimum Gasteiger partial charge on any atom is -0.366 e. The molecule has 2 heterocycles. The monoisotopic (exact) mass is 231 g/mol. The van der Waals surface area contributed by atoms with Crippen molar-refractivity contribution in [2.24, 2.45) is 0 Å². The number of anilines is 1. The number of aromatic nitrogens is 2. The lowest BCUT2D eigenvalue weighted by Gasteiger charge is -2.26. The fourth-order valence-corrected chi connectivity index (χ4v) is 2.07. The molecule has 2 rings (SSSR count). The van der Waals surface area contributed by atoms with Gasteiger partial charge in [0.05, 0.1) is 11.8 Å². The van der Waals surface area contributed by atoms with Crippen LogP contribution in [0.3, 0.4) is 0 Å². The smallest absolute Gasteiger partial charge is 0.166 e. The van der Waals surface area contributed by atoms with Crippen LogP contribution in [0.1, 0.15) is 24.8 Å². The highest BCUT2D eigenvalue weighted by molar-refractivity contribution is 5.49. The third-order valence-corrected chi connectivity index (χ3v) is 3.01. The molecular weight excluding hydrogens is 214 g/mol. The van der Waals surface area contributed by atoms with E-state index in [1.807, 2.05) is 0 Å². The number of nitrogens with zero attached hydrogens (tertiary/aromatic N) is 4. The van der Waals surface area contributed by atoms with Crippen LogP contribution in [0.2, 0.25) is 0 Å². The van der Waals surface area contributed by atoms with Gasteiger partial charge in [-0.2, -0.15) is 10.4 Å². The molecule has 0 saturated carbocycles. The van der Waals surface area contributed by atoms with Gasteiger partial charge in [0.15, 0.2) is 5.82 Å². The molecule has 90 valence electrons. The van der Waals surface area contributed by atoms with Crippen molar-refractivity contribution in [3.8, 4) is 6.07 Å². The highest BCUT2D eigenvalue weighted by Crippen LogP contribution is 2.10. The number of hydrogen-bond donors (Lipinski definition) is 1.